The van der Waals surface area contributed by atoms with Crippen LogP contribution in [-0.2, 0) is 35.1 Å². The zero-order valence-electron chi connectivity index (χ0n) is 42.7. The smallest absolute Gasteiger partial charge is 0.343 e. The summed E-state index contributed by atoms with van der Waals surface area (Å²) in [6, 6.07) is 4.63. The molecule has 394 valence electrons. The van der Waals surface area contributed by atoms with Crippen molar-refractivity contribution in [3.63, 3.8) is 0 Å². The molecule has 1 saturated carbocycles. The number of hydrogen-bond acceptors (Lipinski definition) is 16. The van der Waals surface area contributed by atoms with Crippen LogP contribution in [0, 0.1) is 11.8 Å². The number of fused-ring (bicyclic) bond motifs is 2. The van der Waals surface area contributed by atoms with Crippen LogP contribution < -0.4 is 29.6 Å². The van der Waals surface area contributed by atoms with Crippen LogP contribution in [0.1, 0.15) is 126 Å². The van der Waals surface area contributed by atoms with Crippen molar-refractivity contribution in [3.05, 3.63) is 99.2 Å². The first-order chi connectivity index (χ1) is 34.9. The van der Waals surface area contributed by atoms with Gasteiger partial charge in [-0.3, -0.25) is 29.3 Å². The number of piperidine rings is 1. The lowest BCUT2D eigenvalue weighted by Crippen LogP contribution is -2.72. The van der Waals surface area contributed by atoms with E-state index in [-0.39, 0.29) is 71.0 Å². The average molecular weight is 1020 g/mol. The normalized spacial score (nSPS) is 32.2. The lowest BCUT2D eigenvalue weighted by Gasteiger charge is -2.56. The maximum Gasteiger partial charge on any atom is 0.343 e. The summed E-state index contributed by atoms with van der Waals surface area (Å²) < 4.78 is 39.1. The van der Waals surface area contributed by atoms with Gasteiger partial charge in [0.25, 0.3) is 0 Å². The molecule has 8 aliphatic rings. The minimum absolute atomic E-state index is 0.0210. The Balaban J connectivity index is 1.14. The molecule has 4 bridgehead atoms. The fraction of sp³-hybridized carbons (Fsp3) is 0.500. The minimum atomic E-state index is -1.84. The Bertz CT molecular complexity index is 2870. The molecule has 2 aromatic rings. The van der Waals surface area contributed by atoms with Crippen LogP contribution in [0.4, 0.5) is 0 Å². The van der Waals surface area contributed by atoms with Gasteiger partial charge >= 0.3 is 5.97 Å². The van der Waals surface area contributed by atoms with E-state index in [4.69, 9.17) is 28.4 Å². The van der Waals surface area contributed by atoms with Gasteiger partial charge in [-0.2, -0.15) is 0 Å². The molecule has 5 heterocycles. The SMILES string of the molecule is CC(C)=CCCC1(C)C=Cc2c(c(CC=C(C)C)c3c(c2OC(=O)c2ccc(O[C@@H]4O[C@H](CO)[C@@H](O)[C@H](O)[C@H]4O)cc2)C(=O)C2=CC4CC5C(C)(C)OC(CC=C(C)C(=O)NC6CCC(=O)NC6=O)(C4=O)C25O3)O1. The molecule has 2 aromatic carbocycles. The van der Waals surface area contributed by atoms with Crippen molar-refractivity contribution in [1.82, 2.24) is 10.6 Å². The van der Waals surface area contributed by atoms with Crippen molar-refractivity contribution in [2.75, 3.05) is 6.61 Å². The lowest BCUT2D eigenvalue weighted by molar-refractivity contribution is -0.277. The first-order valence-corrected chi connectivity index (χ1v) is 25.1. The van der Waals surface area contributed by atoms with Gasteiger partial charge in [-0.05, 0) is 124 Å². The molecule has 10 rings (SSSR count). The fourth-order valence-corrected chi connectivity index (χ4v) is 11.5. The van der Waals surface area contributed by atoms with Crippen molar-refractivity contribution in [3.8, 4) is 23.0 Å². The molecule has 3 amide bonds. The van der Waals surface area contributed by atoms with Crippen LogP contribution in [0.25, 0.3) is 6.08 Å². The molecule has 4 fully saturated rings. The van der Waals surface area contributed by atoms with Gasteiger partial charge in [-0.25, -0.2) is 4.79 Å². The molecule has 6 N–H and O–H groups in total. The van der Waals surface area contributed by atoms with E-state index in [2.05, 4.69) is 16.7 Å². The van der Waals surface area contributed by atoms with E-state index in [0.29, 0.717) is 36.1 Å². The van der Waals surface area contributed by atoms with E-state index in [1.807, 2.05) is 60.6 Å². The predicted molar refractivity (Wildman–Crippen MR) is 265 cm³/mol. The van der Waals surface area contributed by atoms with Gasteiger partial charge in [0.15, 0.2) is 28.5 Å². The summed E-state index contributed by atoms with van der Waals surface area (Å²) in [5, 5.41) is 45.7. The van der Waals surface area contributed by atoms with Gasteiger partial charge < -0.3 is 54.2 Å². The molecule has 0 radical (unpaired) electrons. The zero-order valence-corrected chi connectivity index (χ0v) is 42.7. The summed E-state index contributed by atoms with van der Waals surface area (Å²) in [6.07, 6.45) is 5.05. The molecule has 18 nitrogen and oxygen atoms in total. The third-order valence-corrected chi connectivity index (χ3v) is 15.4. The molecule has 3 saturated heterocycles. The topological polar surface area (TPSA) is 263 Å². The number of benzene rings is 2. The summed E-state index contributed by atoms with van der Waals surface area (Å²) in [4.78, 5) is 83.5. The number of hydrogen-bond donors (Lipinski definition) is 6. The lowest BCUT2D eigenvalue weighted by atomic mass is 9.51. The highest BCUT2D eigenvalue weighted by atomic mass is 16.7. The number of carbonyl (C=O) groups excluding carboxylic acids is 6. The number of amides is 3. The first-order valence-electron chi connectivity index (χ1n) is 25.1. The number of esters is 1. The quantitative estimate of drug-likeness (QED) is 0.0490. The van der Waals surface area contributed by atoms with E-state index in [1.165, 1.54) is 24.3 Å². The number of carbonyl (C=O) groups is 6. The Morgan fingerprint density at radius 1 is 0.905 bits per heavy atom. The van der Waals surface area contributed by atoms with Crippen LogP contribution in [-0.4, -0.2) is 121 Å². The number of ether oxygens (including phenoxy) is 6. The van der Waals surface area contributed by atoms with Gasteiger partial charge in [0.1, 0.15) is 58.9 Å². The standard InChI is InChI=1S/C56H64N2O16/c1-27(2)10-9-21-54(8)22-20-34-45(72-54)33(16-11-28(3)4)47-40(46(34)71-51(68)30-12-14-32(15-13-30)69-52-44(64)43(63)42(62)37(26-59)70-52)41(61)35-24-31-25-38-53(6,7)74-55(48(31)65,56(35,38)73-47)23-19-29(5)49(66)57-36-17-18-39(60)58-50(36)67/h10-15,19-20,22,24,31,36-38,42-44,52,59,62-64H,9,16-18,21,23,25-26H2,1-8H3,(H,57,66)(H,58,60,67)/t31?,36?,37-,38?,42-,43+,44-,52-,54?,55?,56?/m1/s1. The molecule has 5 aliphatic heterocycles. The van der Waals surface area contributed by atoms with E-state index >= 15 is 9.59 Å². The second-order valence-corrected chi connectivity index (χ2v) is 21.6. The number of aliphatic hydroxyl groups is 4. The van der Waals surface area contributed by atoms with Gasteiger partial charge in [-0.15, -0.1) is 0 Å². The van der Waals surface area contributed by atoms with Crippen LogP contribution in [0.2, 0.25) is 0 Å². The van der Waals surface area contributed by atoms with Gasteiger partial charge in [0, 0.05) is 41.4 Å². The highest BCUT2D eigenvalue weighted by Gasteiger charge is 2.81. The molecule has 6 unspecified atom stereocenters. The number of ketones is 2. The Morgan fingerprint density at radius 3 is 2.30 bits per heavy atom. The van der Waals surface area contributed by atoms with Crippen molar-refractivity contribution in [2.45, 2.75) is 159 Å². The Morgan fingerprint density at radius 2 is 1.62 bits per heavy atom. The first kappa shape index (κ1) is 52.6. The number of nitrogens with one attached hydrogen (secondary N) is 2. The second kappa shape index (κ2) is 19.5. The Kier molecular flexibility index (Phi) is 13.8. The number of rotatable bonds is 14. The van der Waals surface area contributed by atoms with Crippen LogP contribution in [0.15, 0.2) is 76.9 Å². The molecule has 3 aliphatic carbocycles. The Labute approximate surface area is 428 Å². The third-order valence-electron chi connectivity index (χ3n) is 15.4. The molecule has 18 heteroatoms. The number of allylic oxidation sites excluding steroid dienone is 5. The van der Waals surface area contributed by atoms with Gasteiger partial charge in [-0.1, -0.05) is 35.5 Å². The van der Waals surface area contributed by atoms with Crippen LogP contribution in [0.5, 0.6) is 23.0 Å². The molecule has 0 aromatic heterocycles. The van der Waals surface area contributed by atoms with Crippen molar-refractivity contribution in [2.24, 2.45) is 11.8 Å². The van der Waals surface area contributed by atoms with Crippen LogP contribution in [0.3, 0.4) is 0 Å². The molecule has 1 spiro atoms. The summed E-state index contributed by atoms with van der Waals surface area (Å²) in [6.45, 7) is 14.4. The zero-order chi connectivity index (χ0) is 53.4. The van der Waals surface area contributed by atoms with Crippen molar-refractivity contribution < 1.29 is 77.6 Å². The molecular formula is C56H64N2O16. The Hall–Kier alpha value is -6.28. The maximum absolute atomic E-state index is 15.9. The summed E-state index contributed by atoms with van der Waals surface area (Å²) >= 11 is 0. The van der Waals surface area contributed by atoms with E-state index < -0.39 is 107 Å². The van der Waals surface area contributed by atoms with Gasteiger partial charge in [0.05, 0.1) is 23.3 Å². The summed E-state index contributed by atoms with van der Waals surface area (Å²) in [5.74, 6) is -4.41. The van der Waals surface area contributed by atoms with E-state index in [9.17, 15) is 39.6 Å². The number of imide groups is 1. The molecule has 11 atom stereocenters. The minimum Gasteiger partial charge on any atom is -0.482 e. The van der Waals surface area contributed by atoms with E-state index in [0.717, 1.165) is 11.1 Å². The predicted octanol–water partition coefficient (Wildman–Crippen LogP) is 4.77. The number of Topliss-reactive ketones (excluding diaryl/α,β-unsaturated/α-hetero) is 2. The molecule has 74 heavy (non-hydrogen) atoms. The largest absolute Gasteiger partial charge is 0.482 e. The van der Waals surface area contributed by atoms with Crippen molar-refractivity contribution >= 4 is 41.3 Å². The maximum atomic E-state index is 15.9. The fourth-order valence-electron chi connectivity index (χ4n) is 11.5. The average Bonchev–Trinajstić information content (AvgIpc) is 3.56. The highest BCUT2D eigenvalue weighted by Crippen LogP contribution is 2.69. The number of aliphatic hydroxyl groups excluding tert-OH is 4. The van der Waals surface area contributed by atoms with Gasteiger partial charge in [0.2, 0.25) is 24.0 Å². The van der Waals surface area contributed by atoms with Crippen LogP contribution >= 0.6 is 0 Å². The molecular weight excluding hydrogens is 957 g/mol. The van der Waals surface area contributed by atoms with Crippen molar-refractivity contribution in [1.29, 1.82) is 0 Å². The monoisotopic (exact) mass is 1020 g/mol. The summed E-state index contributed by atoms with van der Waals surface area (Å²) in [5.41, 5.74) is -2.35. The van der Waals surface area contributed by atoms with E-state index in [1.54, 1.807) is 25.2 Å². The third kappa shape index (κ3) is 8.92. The second-order valence-electron chi connectivity index (χ2n) is 21.6. The summed E-state index contributed by atoms with van der Waals surface area (Å²) in [7, 11) is 0. The highest BCUT2D eigenvalue weighted by molar-refractivity contribution is 6.19.